The quantitative estimate of drug-likeness (QED) is 0.848. The second kappa shape index (κ2) is 6.29. The zero-order valence-electron chi connectivity index (χ0n) is 11.7. The molecule has 0 radical (unpaired) electrons. The van der Waals surface area contributed by atoms with Gasteiger partial charge >= 0.3 is 0 Å². The highest BCUT2D eigenvalue weighted by Crippen LogP contribution is 2.29. The highest BCUT2D eigenvalue weighted by atomic mass is 35.5. The average Bonchev–Trinajstić information content (AvgIpc) is 2.79. The first-order valence-electron chi connectivity index (χ1n) is 6.35. The molecule has 106 valence electrons. The molecule has 2 rings (SSSR count). The summed E-state index contributed by atoms with van der Waals surface area (Å²) < 4.78 is 0. The van der Waals surface area contributed by atoms with Crippen LogP contribution < -0.4 is 10.6 Å². The van der Waals surface area contributed by atoms with Gasteiger partial charge in [-0.25, -0.2) is 0 Å². The molecule has 2 N–H and O–H groups in total. The molecule has 1 aromatic heterocycles. The molecule has 3 nitrogen and oxygen atoms in total. The molecule has 20 heavy (non-hydrogen) atoms. The largest absolute Gasteiger partial charge is 0.378 e. The number of carbonyl (C=O) groups is 1. The fraction of sp³-hybridized carbons (Fsp3) is 0.267. The summed E-state index contributed by atoms with van der Waals surface area (Å²) in [5, 5.41) is 6.63. The average molecular weight is 309 g/mol. The van der Waals surface area contributed by atoms with Crippen LogP contribution in [0.5, 0.6) is 0 Å². The van der Waals surface area contributed by atoms with Crippen LogP contribution in [0.25, 0.3) is 0 Å². The monoisotopic (exact) mass is 308 g/mol. The van der Waals surface area contributed by atoms with E-state index in [0.29, 0.717) is 10.7 Å². The molecular formula is C15H17ClN2OS. The van der Waals surface area contributed by atoms with Crippen molar-refractivity contribution in [2.75, 3.05) is 10.6 Å². The standard InChI is InChI=1S/C15H17ClN2OS/c1-9-4-7-15(20-9)10(2)17-12-5-6-14(13(16)8-12)18-11(3)19/h4-8,10,17H,1-3H3,(H,18,19). The number of nitrogens with one attached hydrogen (secondary N) is 2. The van der Waals surface area contributed by atoms with Gasteiger partial charge in [0, 0.05) is 22.4 Å². The fourth-order valence-electron chi connectivity index (χ4n) is 1.90. The third kappa shape index (κ3) is 3.74. The molecule has 1 amide bonds. The van der Waals surface area contributed by atoms with Crippen molar-refractivity contribution < 1.29 is 4.79 Å². The molecule has 0 aliphatic carbocycles. The summed E-state index contributed by atoms with van der Waals surface area (Å²) in [6, 6.07) is 10.0. The van der Waals surface area contributed by atoms with Crippen molar-refractivity contribution in [3.05, 3.63) is 45.1 Å². The Morgan fingerprint density at radius 1 is 1.30 bits per heavy atom. The molecule has 0 bridgehead atoms. The molecule has 0 saturated carbocycles. The van der Waals surface area contributed by atoms with Crippen LogP contribution in [0.15, 0.2) is 30.3 Å². The first kappa shape index (κ1) is 14.9. The summed E-state index contributed by atoms with van der Waals surface area (Å²) in [5.74, 6) is -0.130. The van der Waals surface area contributed by atoms with E-state index in [1.165, 1.54) is 16.7 Å². The fourth-order valence-corrected chi connectivity index (χ4v) is 3.01. The second-order valence-corrected chi connectivity index (χ2v) is 6.42. The number of hydrogen-bond donors (Lipinski definition) is 2. The molecule has 0 saturated heterocycles. The van der Waals surface area contributed by atoms with Crippen LogP contribution in [-0.2, 0) is 4.79 Å². The van der Waals surface area contributed by atoms with Crippen LogP contribution in [0.2, 0.25) is 5.02 Å². The van der Waals surface area contributed by atoms with Crippen LogP contribution in [0.4, 0.5) is 11.4 Å². The van der Waals surface area contributed by atoms with E-state index in [1.807, 2.05) is 12.1 Å². The third-order valence-corrected chi connectivity index (χ3v) is 4.35. The van der Waals surface area contributed by atoms with E-state index in [9.17, 15) is 4.79 Å². The van der Waals surface area contributed by atoms with Gasteiger partial charge in [-0.2, -0.15) is 0 Å². The van der Waals surface area contributed by atoms with E-state index in [-0.39, 0.29) is 11.9 Å². The summed E-state index contributed by atoms with van der Waals surface area (Å²) in [6.07, 6.45) is 0. The topological polar surface area (TPSA) is 41.1 Å². The van der Waals surface area contributed by atoms with Crippen molar-refractivity contribution in [1.82, 2.24) is 0 Å². The molecule has 1 heterocycles. The highest BCUT2D eigenvalue weighted by Gasteiger charge is 2.09. The van der Waals surface area contributed by atoms with Crippen LogP contribution >= 0.6 is 22.9 Å². The first-order valence-corrected chi connectivity index (χ1v) is 7.55. The predicted molar refractivity (Wildman–Crippen MR) is 86.8 cm³/mol. The third-order valence-electron chi connectivity index (χ3n) is 2.85. The minimum Gasteiger partial charge on any atom is -0.378 e. The Morgan fingerprint density at radius 3 is 2.60 bits per heavy atom. The maximum absolute atomic E-state index is 11.0. The van der Waals surface area contributed by atoms with Crippen LogP contribution in [0.1, 0.15) is 29.6 Å². The Hall–Kier alpha value is -1.52. The van der Waals surface area contributed by atoms with Gasteiger partial charge in [0.1, 0.15) is 0 Å². The zero-order chi connectivity index (χ0) is 14.7. The number of amides is 1. The van der Waals surface area contributed by atoms with Crippen LogP contribution in [0, 0.1) is 6.92 Å². The van der Waals surface area contributed by atoms with E-state index in [4.69, 9.17) is 11.6 Å². The van der Waals surface area contributed by atoms with Crippen molar-refractivity contribution in [2.24, 2.45) is 0 Å². The number of aryl methyl sites for hydroxylation is 1. The molecule has 0 aliphatic heterocycles. The number of thiophene rings is 1. The van der Waals surface area contributed by atoms with Crippen molar-refractivity contribution in [3.63, 3.8) is 0 Å². The summed E-state index contributed by atoms with van der Waals surface area (Å²) >= 11 is 7.93. The lowest BCUT2D eigenvalue weighted by atomic mass is 10.2. The summed E-state index contributed by atoms with van der Waals surface area (Å²) in [7, 11) is 0. The van der Waals surface area contributed by atoms with Gasteiger partial charge in [0.2, 0.25) is 5.91 Å². The molecule has 1 unspecified atom stereocenters. The van der Waals surface area contributed by atoms with E-state index in [0.717, 1.165) is 5.69 Å². The Morgan fingerprint density at radius 2 is 2.05 bits per heavy atom. The first-order chi connectivity index (χ1) is 9.45. The van der Waals surface area contributed by atoms with Gasteiger partial charge in [0.05, 0.1) is 16.8 Å². The van der Waals surface area contributed by atoms with Crippen molar-refractivity contribution in [1.29, 1.82) is 0 Å². The van der Waals surface area contributed by atoms with E-state index >= 15 is 0 Å². The maximum atomic E-state index is 11.0. The smallest absolute Gasteiger partial charge is 0.221 e. The summed E-state index contributed by atoms with van der Waals surface area (Å²) in [4.78, 5) is 13.6. The Balaban J connectivity index is 2.10. The molecule has 1 aromatic carbocycles. The van der Waals surface area contributed by atoms with Crippen molar-refractivity contribution in [3.8, 4) is 0 Å². The lowest BCUT2D eigenvalue weighted by Crippen LogP contribution is -2.07. The van der Waals surface area contributed by atoms with E-state index in [1.54, 1.807) is 17.4 Å². The zero-order valence-corrected chi connectivity index (χ0v) is 13.2. The minimum absolute atomic E-state index is 0.130. The van der Waals surface area contributed by atoms with Gasteiger partial charge in [-0.05, 0) is 44.2 Å². The molecule has 0 aliphatic rings. The van der Waals surface area contributed by atoms with Crippen LogP contribution in [-0.4, -0.2) is 5.91 Å². The van der Waals surface area contributed by atoms with E-state index < -0.39 is 0 Å². The lowest BCUT2D eigenvalue weighted by Gasteiger charge is -2.15. The van der Waals surface area contributed by atoms with Gasteiger partial charge in [-0.15, -0.1) is 11.3 Å². The van der Waals surface area contributed by atoms with Gasteiger partial charge in [0.15, 0.2) is 0 Å². The van der Waals surface area contributed by atoms with Gasteiger partial charge in [-0.3, -0.25) is 4.79 Å². The Bertz CT molecular complexity index is 624. The second-order valence-electron chi connectivity index (χ2n) is 4.69. The molecule has 0 spiro atoms. The highest BCUT2D eigenvalue weighted by molar-refractivity contribution is 7.12. The molecular weight excluding hydrogens is 292 g/mol. The lowest BCUT2D eigenvalue weighted by molar-refractivity contribution is -0.114. The number of hydrogen-bond acceptors (Lipinski definition) is 3. The van der Waals surface area contributed by atoms with E-state index in [2.05, 4.69) is 36.6 Å². The molecule has 5 heteroatoms. The number of benzene rings is 1. The molecule has 1 atom stereocenters. The van der Waals surface area contributed by atoms with Gasteiger partial charge in [0.25, 0.3) is 0 Å². The van der Waals surface area contributed by atoms with Crippen LogP contribution in [0.3, 0.4) is 0 Å². The number of halogens is 1. The number of rotatable bonds is 4. The van der Waals surface area contributed by atoms with Crippen molar-refractivity contribution >= 4 is 40.2 Å². The molecule has 0 fully saturated rings. The Labute approximate surface area is 128 Å². The van der Waals surface area contributed by atoms with Crippen molar-refractivity contribution in [2.45, 2.75) is 26.8 Å². The minimum atomic E-state index is -0.130. The number of carbonyl (C=O) groups excluding carboxylic acids is 1. The predicted octanol–water partition coefficient (Wildman–Crippen LogP) is 4.84. The maximum Gasteiger partial charge on any atom is 0.221 e. The summed E-state index contributed by atoms with van der Waals surface area (Å²) in [6.45, 7) is 5.67. The van der Waals surface area contributed by atoms with Gasteiger partial charge < -0.3 is 10.6 Å². The summed E-state index contributed by atoms with van der Waals surface area (Å²) in [5.41, 5.74) is 1.56. The Kier molecular flexibility index (Phi) is 4.68. The number of anilines is 2. The normalized spacial score (nSPS) is 12.0. The van der Waals surface area contributed by atoms with Gasteiger partial charge in [-0.1, -0.05) is 11.6 Å². The molecule has 2 aromatic rings. The SMILES string of the molecule is CC(=O)Nc1ccc(NC(C)c2ccc(C)s2)cc1Cl.